The molecule has 194 valence electrons. The van der Waals surface area contributed by atoms with Gasteiger partial charge < -0.3 is 16.4 Å². The summed E-state index contributed by atoms with van der Waals surface area (Å²) < 4.78 is 19.0. The van der Waals surface area contributed by atoms with E-state index >= 15 is 0 Å². The van der Waals surface area contributed by atoms with Gasteiger partial charge in [-0.2, -0.15) is 4.37 Å². The van der Waals surface area contributed by atoms with Gasteiger partial charge in [-0.1, -0.05) is 50.7 Å². The number of halogens is 1. The van der Waals surface area contributed by atoms with Crippen LogP contribution >= 0.6 is 11.5 Å². The van der Waals surface area contributed by atoms with E-state index in [1.165, 1.54) is 18.2 Å². The van der Waals surface area contributed by atoms with Gasteiger partial charge in [0.1, 0.15) is 16.7 Å². The molecule has 2 saturated carbocycles. The Hall–Kier alpha value is -3.01. The lowest BCUT2D eigenvalue weighted by Crippen LogP contribution is -2.51. The zero-order valence-electron chi connectivity index (χ0n) is 20.6. The lowest BCUT2D eigenvalue weighted by Gasteiger charge is -2.31. The molecule has 2 aromatic rings. The van der Waals surface area contributed by atoms with Crippen molar-refractivity contribution < 1.29 is 18.8 Å². The number of anilines is 2. The second kappa shape index (κ2) is 11.8. The average Bonchev–Trinajstić information content (AvgIpc) is 3.27. The number of aromatic nitrogens is 1. The number of carbonyl (C=O) groups is 3. The molecule has 10 heteroatoms. The Morgan fingerprint density at radius 3 is 2.19 bits per heavy atom. The molecule has 2 fully saturated rings. The zero-order valence-corrected chi connectivity index (χ0v) is 21.4. The number of nitrogen functional groups attached to an aromatic ring is 1. The minimum atomic E-state index is -1.00. The van der Waals surface area contributed by atoms with Gasteiger partial charge in [0.15, 0.2) is 5.69 Å². The van der Waals surface area contributed by atoms with Gasteiger partial charge in [0.05, 0.1) is 11.4 Å². The van der Waals surface area contributed by atoms with Crippen LogP contribution in [0.5, 0.6) is 0 Å². The van der Waals surface area contributed by atoms with E-state index in [-0.39, 0.29) is 39.9 Å². The fourth-order valence-corrected chi connectivity index (χ4v) is 5.79. The van der Waals surface area contributed by atoms with E-state index in [1.807, 2.05) is 0 Å². The lowest BCUT2D eigenvalue weighted by molar-refractivity contribution is -0.122. The van der Waals surface area contributed by atoms with Gasteiger partial charge in [0, 0.05) is 12.1 Å². The van der Waals surface area contributed by atoms with Crippen molar-refractivity contribution in [1.29, 1.82) is 0 Å². The standard InChI is InChI=1S/C26H34FN5O3S/c1-16(24(33)29-17-10-4-2-5-11-17)32(20-15-9-8-14-19(20)27)26(35)23-21(28)22(31-36-23)25(34)30-18-12-6-3-7-13-18/h8-9,14-18H,2-7,10-13,28H2,1H3,(H,29,33)(H,30,34)/t16-/m0/s1. The topological polar surface area (TPSA) is 117 Å². The highest BCUT2D eigenvalue weighted by Gasteiger charge is 2.34. The molecule has 0 spiro atoms. The smallest absolute Gasteiger partial charge is 0.273 e. The van der Waals surface area contributed by atoms with Crippen LogP contribution in [-0.4, -0.2) is 40.2 Å². The molecule has 4 N–H and O–H groups in total. The second-order valence-corrected chi connectivity index (χ2v) is 10.5. The minimum Gasteiger partial charge on any atom is -0.395 e. The molecule has 1 aromatic heterocycles. The first kappa shape index (κ1) is 26.1. The molecule has 2 aliphatic carbocycles. The Morgan fingerprint density at radius 2 is 1.58 bits per heavy atom. The number of rotatable bonds is 7. The highest BCUT2D eigenvalue weighted by Crippen LogP contribution is 2.30. The summed E-state index contributed by atoms with van der Waals surface area (Å²) in [5.74, 6) is -2.09. The van der Waals surface area contributed by atoms with E-state index < -0.39 is 23.7 Å². The molecule has 0 aliphatic heterocycles. The summed E-state index contributed by atoms with van der Waals surface area (Å²) in [4.78, 5) is 40.8. The van der Waals surface area contributed by atoms with Crippen LogP contribution in [0, 0.1) is 5.82 Å². The SMILES string of the molecule is C[C@@H](C(=O)NC1CCCCC1)N(C(=O)c1snc(C(=O)NC2CCCCC2)c1N)c1ccccc1F. The van der Waals surface area contributed by atoms with Crippen LogP contribution in [0.4, 0.5) is 15.8 Å². The van der Waals surface area contributed by atoms with E-state index in [4.69, 9.17) is 5.73 Å². The van der Waals surface area contributed by atoms with Crippen molar-refractivity contribution in [2.45, 2.75) is 89.3 Å². The highest BCUT2D eigenvalue weighted by molar-refractivity contribution is 7.09. The number of hydrogen-bond donors (Lipinski definition) is 3. The van der Waals surface area contributed by atoms with Crippen LogP contribution in [0.1, 0.15) is 91.3 Å². The molecule has 3 amide bonds. The first-order valence-electron chi connectivity index (χ1n) is 12.8. The van der Waals surface area contributed by atoms with Gasteiger partial charge >= 0.3 is 0 Å². The quantitative estimate of drug-likeness (QED) is 0.505. The third kappa shape index (κ3) is 5.86. The summed E-state index contributed by atoms with van der Waals surface area (Å²) in [6.07, 6.45) is 10.1. The molecule has 1 atom stereocenters. The number of benzene rings is 1. The van der Waals surface area contributed by atoms with Crippen molar-refractivity contribution in [1.82, 2.24) is 15.0 Å². The predicted molar refractivity (Wildman–Crippen MR) is 139 cm³/mol. The molecule has 1 heterocycles. The average molecular weight is 516 g/mol. The van der Waals surface area contributed by atoms with Crippen LogP contribution in [0.2, 0.25) is 0 Å². The fraction of sp³-hybridized carbons (Fsp3) is 0.538. The summed E-state index contributed by atoms with van der Waals surface area (Å²) >= 11 is 0.787. The molecule has 36 heavy (non-hydrogen) atoms. The number of hydrogen-bond acceptors (Lipinski definition) is 6. The lowest BCUT2D eigenvalue weighted by atomic mass is 9.95. The largest absolute Gasteiger partial charge is 0.395 e. The molecule has 2 aliphatic rings. The van der Waals surface area contributed by atoms with Crippen molar-refractivity contribution in [2.75, 3.05) is 10.6 Å². The maximum atomic E-state index is 14.9. The third-order valence-corrected chi connectivity index (χ3v) is 7.98. The molecule has 0 saturated heterocycles. The van der Waals surface area contributed by atoms with Gasteiger partial charge in [-0.3, -0.25) is 19.3 Å². The number of nitrogens with two attached hydrogens (primary N) is 1. The van der Waals surface area contributed by atoms with Gasteiger partial charge in [-0.05, 0) is 56.3 Å². The van der Waals surface area contributed by atoms with Crippen molar-refractivity contribution in [3.63, 3.8) is 0 Å². The van der Waals surface area contributed by atoms with Gasteiger partial charge in [0.2, 0.25) is 5.91 Å². The molecule has 8 nitrogen and oxygen atoms in total. The molecule has 0 radical (unpaired) electrons. The first-order chi connectivity index (χ1) is 17.4. The van der Waals surface area contributed by atoms with E-state index in [1.54, 1.807) is 13.0 Å². The predicted octanol–water partition coefficient (Wildman–Crippen LogP) is 4.41. The van der Waals surface area contributed by atoms with Crippen molar-refractivity contribution >= 4 is 40.6 Å². The van der Waals surface area contributed by atoms with Gasteiger partial charge in [-0.25, -0.2) is 4.39 Å². The molecule has 0 unspecified atom stereocenters. The Morgan fingerprint density at radius 1 is 1.00 bits per heavy atom. The molecule has 1 aromatic carbocycles. The monoisotopic (exact) mass is 515 g/mol. The summed E-state index contributed by atoms with van der Waals surface area (Å²) in [6, 6.07) is 4.90. The fourth-order valence-electron chi connectivity index (χ4n) is 5.05. The zero-order chi connectivity index (χ0) is 25.7. The Balaban J connectivity index is 1.58. The molecule has 4 rings (SSSR count). The van der Waals surface area contributed by atoms with Gasteiger partial charge in [-0.15, -0.1) is 0 Å². The maximum absolute atomic E-state index is 14.9. The Labute approximate surface area is 215 Å². The van der Waals surface area contributed by atoms with E-state index in [0.717, 1.165) is 80.6 Å². The number of nitrogens with zero attached hydrogens (tertiary/aromatic N) is 2. The third-order valence-electron chi connectivity index (χ3n) is 7.13. The minimum absolute atomic E-state index is 0.00404. The van der Waals surface area contributed by atoms with Crippen LogP contribution < -0.4 is 21.3 Å². The van der Waals surface area contributed by atoms with Crippen LogP contribution in [0.25, 0.3) is 0 Å². The van der Waals surface area contributed by atoms with E-state index in [2.05, 4.69) is 15.0 Å². The summed E-state index contributed by atoms with van der Waals surface area (Å²) in [5.41, 5.74) is 6.13. The normalized spacial score (nSPS) is 17.8. The first-order valence-corrected chi connectivity index (χ1v) is 13.6. The maximum Gasteiger partial charge on any atom is 0.273 e. The van der Waals surface area contributed by atoms with Gasteiger partial charge in [0.25, 0.3) is 11.8 Å². The summed E-state index contributed by atoms with van der Waals surface area (Å²) in [7, 11) is 0. The van der Waals surface area contributed by atoms with Crippen LogP contribution in [0.15, 0.2) is 24.3 Å². The second-order valence-electron chi connectivity index (χ2n) is 9.73. The Bertz CT molecular complexity index is 1090. The van der Waals surface area contributed by atoms with Crippen LogP contribution in [0.3, 0.4) is 0 Å². The molecular weight excluding hydrogens is 481 g/mol. The van der Waals surface area contributed by atoms with E-state index in [9.17, 15) is 18.8 Å². The Kier molecular flexibility index (Phi) is 8.56. The van der Waals surface area contributed by atoms with Crippen molar-refractivity contribution in [3.8, 4) is 0 Å². The molecule has 0 bridgehead atoms. The highest BCUT2D eigenvalue weighted by atomic mass is 32.1. The number of para-hydroxylation sites is 1. The van der Waals surface area contributed by atoms with Crippen molar-refractivity contribution in [2.24, 2.45) is 0 Å². The molecular formula is C26H34FN5O3S. The van der Waals surface area contributed by atoms with E-state index in [0.29, 0.717) is 0 Å². The number of nitrogens with one attached hydrogen (secondary N) is 2. The van der Waals surface area contributed by atoms with Crippen LogP contribution in [-0.2, 0) is 4.79 Å². The number of amides is 3. The van der Waals surface area contributed by atoms with Crippen molar-refractivity contribution in [3.05, 3.63) is 40.7 Å². The summed E-state index contributed by atoms with van der Waals surface area (Å²) in [5, 5.41) is 5.98. The summed E-state index contributed by atoms with van der Waals surface area (Å²) in [6.45, 7) is 1.57. The number of carbonyl (C=O) groups excluding carboxylic acids is 3.